The van der Waals surface area contributed by atoms with Gasteiger partial charge < -0.3 is 10.7 Å². The van der Waals surface area contributed by atoms with Gasteiger partial charge in [-0.25, -0.2) is 0 Å². The quantitative estimate of drug-likeness (QED) is 0.737. The minimum absolute atomic E-state index is 0.849. The molecular weight excluding hydrogens is 246 g/mol. The SMILES string of the molecule is CC#N.Nc1c(Cc2ccccc2)[nH]c2ccccc12. The van der Waals surface area contributed by atoms with Crippen LogP contribution in [-0.4, -0.2) is 4.98 Å². The molecule has 3 heteroatoms. The van der Waals surface area contributed by atoms with E-state index >= 15 is 0 Å². The number of anilines is 1. The Hall–Kier alpha value is -2.73. The van der Waals surface area contributed by atoms with Crippen molar-refractivity contribution in [2.75, 3.05) is 5.73 Å². The van der Waals surface area contributed by atoms with E-state index in [1.807, 2.05) is 30.3 Å². The molecule has 0 aliphatic heterocycles. The standard InChI is InChI=1S/C15H14N2.C2H3N/c16-15-12-8-4-5-9-13(12)17-14(15)10-11-6-2-1-3-7-11;1-2-3/h1-9,17H,10,16H2;1H3. The van der Waals surface area contributed by atoms with Crippen LogP contribution in [0.3, 0.4) is 0 Å². The molecule has 0 saturated carbocycles. The van der Waals surface area contributed by atoms with E-state index in [2.05, 4.69) is 29.2 Å². The highest BCUT2D eigenvalue weighted by Crippen LogP contribution is 2.26. The van der Waals surface area contributed by atoms with Crippen molar-refractivity contribution < 1.29 is 0 Å². The van der Waals surface area contributed by atoms with Crippen molar-refractivity contribution in [2.45, 2.75) is 13.3 Å². The lowest BCUT2D eigenvalue weighted by Crippen LogP contribution is -1.93. The van der Waals surface area contributed by atoms with Crippen LogP contribution in [0.15, 0.2) is 54.6 Å². The first-order valence-electron chi connectivity index (χ1n) is 6.46. The molecule has 0 atom stereocenters. The van der Waals surface area contributed by atoms with E-state index in [9.17, 15) is 0 Å². The van der Waals surface area contributed by atoms with Crippen molar-refractivity contribution in [3.05, 3.63) is 65.9 Å². The topological polar surface area (TPSA) is 65.6 Å². The molecule has 1 heterocycles. The third-order valence-corrected chi connectivity index (χ3v) is 3.05. The van der Waals surface area contributed by atoms with Gasteiger partial charge >= 0.3 is 0 Å². The van der Waals surface area contributed by atoms with Crippen molar-refractivity contribution in [1.82, 2.24) is 4.98 Å². The number of nitrogens with two attached hydrogens (primary N) is 1. The number of para-hydroxylation sites is 1. The number of benzene rings is 2. The normalized spacial score (nSPS) is 9.60. The second-order valence-corrected chi connectivity index (χ2v) is 4.45. The van der Waals surface area contributed by atoms with Gasteiger partial charge in [0.25, 0.3) is 0 Å². The molecule has 0 spiro atoms. The summed E-state index contributed by atoms with van der Waals surface area (Å²) >= 11 is 0. The number of rotatable bonds is 2. The number of H-pyrrole nitrogens is 1. The Bertz CT molecular complexity index is 721. The fraction of sp³-hybridized carbons (Fsp3) is 0.118. The van der Waals surface area contributed by atoms with E-state index < -0.39 is 0 Å². The summed E-state index contributed by atoms with van der Waals surface area (Å²) in [5.41, 5.74) is 10.5. The summed E-state index contributed by atoms with van der Waals surface area (Å²) in [6.45, 7) is 1.43. The Kier molecular flexibility index (Phi) is 4.41. The minimum atomic E-state index is 0.849. The predicted molar refractivity (Wildman–Crippen MR) is 83.2 cm³/mol. The van der Waals surface area contributed by atoms with Crippen LogP contribution in [0.5, 0.6) is 0 Å². The Morgan fingerprint density at radius 2 is 1.65 bits per heavy atom. The number of hydrogen-bond donors (Lipinski definition) is 2. The highest BCUT2D eigenvalue weighted by molar-refractivity contribution is 5.93. The molecule has 0 aliphatic carbocycles. The summed E-state index contributed by atoms with van der Waals surface area (Å²) in [6.07, 6.45) is 0.849. The third kappa shape index (κ3) is 2.99. The van der Waals surface area contributed by atoms with Gasteiger partial charge in [0.2, 0.25) is 0 Å². The van der Waals surface area contributed by atoms with Crippen LogP contribution in [0.25, 0.3) is 10.9 Å². The molecule has 100 valence electrons. The van der Waals surface area contributed by atoms with Gasteiger partial charge in [0.1, 0.15) is 0 Å². The van der Waals surface area contributed by atoms with Crippen LogP contribution < -0.4 is 5.73 Å². The molecular formula is C17H17N3. The number of nitrogens with one attached hydrogen (secondary N) is 1. The molecule has 2 aromatic carbocycles. The van der Waals surface area contributed by atoms with Gasteiger partial charge in [-0.1, -0.05) is 48.5 Å². The largest absolute Gasteiger partial charge is 0.397 e. The zero-order chi connectivity index (χ0) is 14.4. The fourth-order valence-corrected chi connectivity index (χ4v) is 2.16. The molecule has 3 N–H and O–H groups in total. The number of nitrogens with zero attached hydrogens (tertiary/aromatic N) is 1. The second kappa shape index (κ2) is 6.44. The Labute approximate surface area is 118 Å². The maximum atomic E-state index is 7.32. The highest BCUT2D eigenvalue weighted by atomic mass is 14.8. The van der Waals surface area contributed by atoms with E-state index in [0.29, 0.717) is 0 Å². The molecule has 0 radical (unpaired) electrons. The van der Waals surface area contributed by atoms with Crippen LogP contribution in [0.4, 0.5) is 5.69 Å². The molecule has 3 aromatic rings. The van der Waals surface area contributed by atoms with Crippen LogP contribution in [0.1, 0.15) is 18.2 Å². The summed E-state index contributed by atoms with van der Waals surface area (Å²) in [5.74, 6) is 0. The maximum absolute atomic E-state index is 7.32. The highest BCUT2D eigenvalue weighted by Gasteiger charge is 2.07. The molecule has 0 unspecified atom stereocenters. The number of aromatic nitrogens is 1. The first kappa shape index (κ1) is 13.7. The monoisotopic (exact) mass is 263 g/mol. The summed E-state index contributed by atoms with van der Waals surface area (Å²) < 4.78 is 0. The smallest absolute Gasteiger partial charge is 0.0608 e. The molecule has 0 aliphatic rings. The second-order valence-electron chi connectivity index (χ2n) is 4.45. The Morgan fingerprint density at radius 1 is 1.05 bits per heavy atom. The van der Waals surface area contributed by atoms with Crippen LogP contribution in [0.2, 0.25) is 0 Å². The molecule has 0 bridgehead atoms. The van der Waals surface area contributed by atoms with Crippen LogP contribution in [0, 0.1) is 11.3 Å². The lowest BCUT2D eigenvalue weighted by atomic mass is 10.1. The molecule has 3 nitrogen and oxygen atoms in total. The molecule has 0 fully saturated rings. The van der Waals surface area contributed by atoms with Crippen molar-refractivity contribution in [1.29, 1.82) is 5.26 Å². The summed E-state index contributed by atoms with van der Waals surface area (Å²) in [5, 5.41) is 8.43. The van der Waals surface area contributed by atoms with Gasteiger partial charge in [-0.2, -0.15) is 5.26 Å². The van der Waals surface area contributed by atoms with E-state index in [-0.39, 0.29) is 0 Å². The zero-order valence-electron chi connectivity index (χ0n) is 11.4. The number of fused-ring (bicyclic) bond motifs is 1. The number of nitriles is 1. The van der Waals surface area contributed by atoms with Gasteiger partial charge in [-0.05, 0) is 11.6 Å². The van der Waals surface area contributed by atoms with Crippen molar-refractivity contribution in [3.8, 4) is 6.07 Å². The van der Waals surface area contributed by atoms with Crippen molar-refractivity contribution >= 4 is 16.6 Å². The lowest BCUT2D eigenvalue weighted by molar-refractivity contribution is 1.12. The van der Waals surface area contributed by atoms with E-state index in [0.717, 1.165) is 28.7 Å². The first-order chi connectivity index (χ1) is 9.76. The van der Waals surface area contributed by atoms with E-state index in [1.165, 1.54) is 12.5 Å². The number of nitrogen functional groups attached to an aromatic ring is 1. The Balaban J connectivity index is 0.000000452. The minimum Gasteiger partial charge on any atom is -0.397 e. The third-order valence-electron chi connectivity index (χ3n) is 3.05. The lowest BCUT2D eigenvalue weighted by Gasteiger charge is -2.00. The van der Waals surface area contributed by atoms with Crippen LogP contribution in [-0.2, 0) is 6.42 Å². The molecule has 3 rings (SSSR count). The first-order valence-corrected chi connectivity index (χ1v) is 6.46. The van der Waals surface area contributed by atoms with Gasteiger partial charge in [-0.3, -0.25) is 0 Å². The maximum Gasteiger partial charge on any atom is 0.0608 e. The van der Waals surface area contributed by atoms with Gasteiger partial charge in [0.05, 0.1) is 11.8 Å². The number of hydrogen-bond acceptors (Lipinski definition) is 2. The average Bonchev–Trinajstić information content (AvgIpc) is 2.78. The molecule has 0 amide bonds. The van der Waals surface area contributed by atoms with Gasteiger partial charge in [0, 0.05) is 29.9 Å². The Morgan fingerprint density at radius 3 is 2.30 bits per heavy atom. The average molecular weight is 263 g/mol. The molecule has 1 aromatic heterocycles. The van der Waals surface area contributed by atoms with E-state index in [1.54, 1.807) is 6.07 Å². The predicted octanol–water partition coefficient (Wildman–Crippen LogP) is 3.87. The van der Waals surface area contributed by atoms with Gasteiger partial charge in [0.15, 0.2) is 0 Å². The van der Waals surface area contributed by atoms with E-state index in [4.69, 9.17) is 11.0 Å². The fourth-order valence-electron chi connectivity index (χ4n) is 2.16. The summed E-state index contributed by atoms with van der Waals surface area (Å²) in [7, 11) is 0. The molecule has 20 heavy (non-hydrogen) atoms. The summed E-state index contributed by atoms with van der Waals surface area (Å²) in [4.78, 5) is 3.39. The van der Waals surface area contributed by atoms with Crippen molar-refractivity contribution in [2.24, 2.45) is 0 Å². The number of aromatic amines is 1. The zero-order valence-corrected chi connectivity index (χ0v) is 11.4. The van der Waals surface area contributed by atoms with Crippen molar-refractivity contribution in [3.63, 3.8) is 0 Å². The summed E-state index contributed by atoms with van der Waals surface area (Å²) in [6, 6.07) is 20.2. The van der Waals surface area contributed by atoms with Gasteiger partial charge in [-0.15, -0.1) is 0 Å². The molecule has 0 saturated heterocycles. The van der Waals surface area contributed by atoms with Crippen LogP contribution >= 0.6 is 0 Å².